The van der Waals surface area contributed by atoms with Gasteiger partial charge in [0.15, 0.2) is 0 Å². The minimum Gasteiger partial charge on any atom is -0.326 e. The van der Waals surface area contributed by atoms with Gasteiger partial charge in [0.25, 0.3) is 0 Å². The van der Waals surface area contributed by atoms with E-state index >= 15 is 0 Å². The smallest absolute Gasteiger partial charge is 0.221 e. The van der Waals surface area contributed by atoms with E-state index in [1.807, 2.05) is 18.2 Å². The maximum Gasteiger partial charge on any atom is 0.221 e. The number of fused-ring (bicyclic) bond motifs is 1. The lowest BCUT2D eigenvalue weighted by Gasteiger charge is -2.34. The minimum atomic E-state index is -0.0379. The first-order chi connectivity index (χ1) is 12.7. The molecule has 2 aromatic rings. The van der Waals surface area contributed by atoms with E-state index in [0.29, 0.717) is 6.04 Å². The lowest BCUT2D eigenvalue weighted by Crippen LogP contribution is -2.35. The molecule has 2 fully saturated rings. The SMILES string of the molecule is CC(=O)Nc1cccc(Sc2ccc(C3CCC4CCCCN43)cc2)c1. The Morgan fingerprint density at radius 3 is 2.69 bits per heavy atom. The van der Waals surface area contributed by atoms with Crippen LogP contribution in [0.5, 0.6) is 0 Å². The van der Waals surface area contributed by atoms with Gasteiger partial charge in [0, 0.05) is 34.5 Å². The van der Waals surface area contributed by atoms with Gasteiger partial charge in [0.2, 0.25) is 5.91 Å². The van der Waals surface area contributed by atoms with Crippen molar-refractivity contribution in [3.05, 3.63) is 54.1 Å². The summed E-state index contributed by atoms with van der Waals surface area (Å²) in [6, 6.07) is 18.5. The van der Waals surface area contributed by atoms with Crippen molar-refractivity contribution in [2.24, 2.45) is 0 Å². The van der Waals surface area contributed by atoms with E-state index in [0.717, 1.165) is 16.6 Å². The summed E-state index contributed by atoms with van der Waals surface area (Å²) in [4.78, 5) is 16.3. The summed E-state index contributed by atoms with van der Waals surface area (Å²) in [5.74, 6) is -0.0379. The Kier molecular flexibility index (Phi) is 5.32. The lowest BCUT2D eigenvalue weighted by molar-refractivity contribution is -0.114. The summed E-state index contributed by atoms with van der Waals surface area (Å²) < 4.78 is 0. The Labute approximate surface area is 160 Å². The highest BCUT2D eigenvalue weighted by atomic mass is 32.2. The van der Waals surface area contributed by atoms with Crippen LogP contribution < -0.4 is 5.32 Å². The van der Waals surface area contributed by atoms with Crippen LogP contribution in [-0.2, 0) is 4.79 Å². The maximum atomic E-state index is 11.2. The molecule has 4 heteroatoms. The number of carbonyl (C=O) groups excluding carboxylic acids is 1. The summed E-state index contributed by atoms with van der Waals surface area (Å²) in [6.07, 6.45) is 6.80. The summed E-state index contributed by atoms with van der Waals surface area (Å²) >= 11 is 1.74. The molecule has 1 amide bonds. The second-order valence-corrected chi connectivity index (χ2v) is 8.51. The molecule has 0 spiro atoms. The van der Waals surface area contributed by atoms with Crippen LogP contribution in [0, 0.1) is 0 Å². The van der Waals surface area contributed by atoms with Gasteiger partial charge in [-0.15, -0.1) is 0 Å². The first-order valence-corrected chi connectivity index (χ1v) is 10.4. The molecule has 0 aromatic heterocycles. The first kappa shape index (κ1) is 17.6. The van der Waals surface area contributed by atoms with Crippen molar-refractivity contribution in [2.75, 3.05) is 11.9 Å². The molecule has 2 atom stereocenters. The highest BCUT2D eigenvalue weighted by Crippen LogP contribution is 2.41. The van der Waals surface area contributed by atoms with E-state index in [-0.39, 0.29) is 5.91 Å². The number of nitrogens with one attached hydrogen (secondary N) is 1. The molecule has 2 aliphatic heterocycles. The van der Waals surface area contributed by atoms with Gasteiger partial charge in [-0.2, -0.15) is 0 Å². The van der Waals surface area contributed by atoms with Crippen LogP contribution in [0.15, 0.2) is 58.3 Å². The Bertz CT molecular complexity index is 774. The molecule has 2 heterocycles. The number of hydrogen-bond donors (Lipinski definition) is 1. The molecule has 2 saturated heterocycles. The number of anilines is 1. The molecule has 4 rings (SSSR count). The zero-order chi connectivity index (χ0) is 17.9. The van der Waals surface area contributed by atoms with Crippen LogP contribution >= 0.6 is 11.8 Å². The summed E-state index contributed by atoms with van der Waals surface area (Å²) in [5, 5.41) is 2.85. The highest BCUT2D eigenvalue weighted by molar-refractivity contribution is 7.99. The zero-order valence-electron chi connectivity index (χ0n) is 15.3. The highest BCUT2D eigenvalue weighted by Gasteiger charge is 2.35. The second kappa shape index (κ2) is 7.85. The van der Waals surface area contributed by atoms with E-state index < -0.39 is 0 Å². The van der Waals surface area contributed by atoms with Crippen molar-refractivity contribution in [1.29, 1.82) is 0 Å². The Hall–Kier alpha value is -1.78. The quantitative estimate of drug-likeness (QED) is 0.777. The summed E-state index contributed by atoms with van der Waals surface area (Å²) in [5.41, 5.74) is 2.31. The maximum absolute atomic E-state index is 11.2. The summed E-state index contributed by atoms with van der Waals surface area (Å²) in [6.45, 7) is 2.80. The number of rotatable bonds is 4. The molecular formula is C22H26N2OS. The molecule has 0 bridgehead atoms. The van der Waals surface area contributed by atoms with Crippen LogP contribution in [0.2, 0.25) is 0 Å². The summed E-state index contributed by atoms with van der Waals surface area (Å²) in [7, 11) is 0. The van der Waals surface area contributed by atoms with Gasteiger partial charge >= 0.3 is 0 Å². The van der Waals surface area contributed by atoms with Crippen LogP contribution in [0.1, 0.15) is 50.6 Å². The molecule has 136 valence electrons. The molecule has 0 aliphatic carbocycles. The Morgan fingerprint density at radius 1 is 1.04 bits per heavy atom. The van der Waals surface area contributed by atoms with Crippen molar-refractivity contribution >= 4 is 23.4 Å². The molecule has 2 aliphatic rings. The van der Waals surface area contributed by atoms with Crippen LogP contribution in [-0.4, -0.2) is 23.4 Å². The third-order valence-corrected chi connectivity index (χ3v) is 6.50. The molecule has 1 N–H and O–H groups in total. The van der Waals surface area contributed by atoms with E-state index in [1.54, 1.807) is 11.8 Å². The molecular weight excluding hydrogens is 340 g/mol. The van der Waals surface area contributed by atoms with Crippen LogP contribution in [0.3, 0.4) is 0 Å². The second-order valence-electron chi connectivity index (χ2n) is 7.36. The molecule has 3 nitrogen and oxygen atoms in total. The molecule has 2 aromatic carbocycles. The number of hydrogen-bond acceptors (Lipinski definition) is 3. The molecule has 26 heavy (non-hydrogen) atoms. The minimum absolute atomic E-state index is 0.0379. The third-order valence-electron chi connectivity index (χ3n) is 5.50. The zero-order valence-corrected chi connectivity index (χ0v) is 16.1. The average Bonchev–Trinajstić information content (AvgIpc) is 3.06. The number of nitrogens with zero attached hydrogens (tertiary/aromatic N) is 1. The fraction of sp³-hybridized carbons (Fsp3) is 0.409. The lowest BCUT2D eigenvalue weighted by atomic mass is 10.0. The Balaban J connectivity index is 1.44. The number of benzene rings is 2. The van der Waals surface area contributed by atoms with Crippen molar-refractivity contribution < 1.29 is 4.79 Å². The Morgan fingerprint density at radius 2 is 1.88 bits per heavy atom. The fourth-order valence-corrected chi connectivity index (χ4v) is 5.23. The van der Waals surface area contributed by atoms with Crippen molar-refractivity contribution in [2.45, 2.75) is 60.9 Å². The monoisotopic (exact) mass is 366 g/mol. The van der Waals surface area contributed by atoms with Gasteiger partial charge in [-0.25, -0.2) is 0 Å². The number of piperidine rings is 1. The van der Waals surface area contributed by atoms with E-state index in [4.69, 9.17) is 0 Å². The topological polar surface area (TPSA) is 32.3 Å². The standard InChI is InChI=1S/C22H26N2OS/c1-16(25)23-18-5-4-7-21(15-18)26-20-11-8-17(9-12-20)22-13-10-19-6-2-3-14-24(19)22/h4-5,7-9,11-12,15,19,22H,2-3,6,10,13-14H2,1H3,(H,23,25). The fourth-order valence-electron chi connectivity index (χ4n) is 4.35. The predicted molar refractivity (Wildman–Crippen MR) is 108 cm³/mol. The van der Waals surface area contributed by atoms with Gasteiger partial charge in [-0.05, 0) is 68.1 Å². The molecule has 2 unspecified atom stereocenters. The van der Waals surface area contributed by atoms with Crippen LogP contribution in [0.4, 0.5) is 5.69 Å². The van der Waals surface area contributed by atoms with Gasteiger partial charge < -0.3 is 5.32 Å². The van der Waals surface area contributed by atoms with Gasteiger partial charge in [-0.3, -0.25) is 9.69 Å². The van der Waals surface area contributed by atoms with E-state index in [2.05, 4.69) is 40.5 Å². The average molecular weight is 367 g/mol. The first-order valence-electron chi connectivity index (χ1n) is 9.60. The number of carbonyl (C=O) groups is 1. The largest absolute Gasteiger partial charge is 0.326 e. The van der Waals surface area contributed by atoms with E-state index in [9.17, 15) is 4.79 Å². The normalized spacial score (nSPS) is 22.8. The third kappa shape index (κ3) is 3.97. The van der Waals surface area contributed by atoms with Crippen LogP contribution in [0.25, 0.3) is 0 Å². The van der Waals surface area contributed by atoms with Crippen molar-refractivity contribution in [3.8, 4) is 0 Å². The predicted octanol–water partition coefficient (Wildman–Crippen LogP) is 5.49. The molecule has 0 saturated carbocycles. The van der Waals surface area contributed by atoms with Gasteiger partial charge in [0.1, 0.15) is 0 Å². The van der Waals surface area contributed by atoms with Crippen molar-refractivity contribution in [1.82, 2.24) is 4.90 Å². The van der Waals surface area contributed by atoms with Gasteiger partial charge in [-0.1, -0.05) is 36.4 Å². The van der Waals surface area contributed by atoms with Crippen molar-refractivity contribution in [3.63, 3.8) is 0 Å². The molecule has 0 radical (unpaired) electrons. The van der Waals surface area contributed by atoms with E-state index in [1.165, 1.54) is 56.0 Å². The van der Waals surface area contributed by atoms with Gasteiger partial charge in [0.05, 0.1) is 0 Å². The number of amides is 1.